The van der Waals surface area contributed by atoms with E-state index in [1.165, 1.54) is 36.9 Å². The summed E-state index contributed by atoms with van der Waals surface area (Å²) in [5.41, 5.74) is 25.4. The van der Waals surface area contributed by atoms with Gasteiger partial charge in [-0.05, 0) is 94.4 Å². The Labute approximate surface area is 603 Å². The van der Waals surface area contributed by atoms with Gasteiger partial charge in [-0.2, -0.15) is 0 Å². The highest BCUT2D eigenvalue weighted by Crippen LogP contribution is 2.23. The number of unbranched alkanes of at least 4 members (excludes halogenated alkanes) is 1. The van der Waals surface area contributed by atoms with Crippen molar-refractivity contribution in [3.63, 3.8) is 0 Å². The SMILES string of the molecule is CC(C)[C@H](NC(=O)[C@@H](NC(=O)[C@@H](N)CCC(=O)O)[C@@H](C)O)C(=O)N[C@@H](Cc1c[nH]c2ccccc12)C(=O)N[C@@H](CCC(=O)O)C(=O)N[C@@H](CCCCN)C(=O)N1CCC[C@H]1C(=O)N[C@@H](Cc1cnc[nH]1)C(=O)N[C@@H](CCCN=C(N)N)C(=O)N[C@@H](Cc1ccccc1)C(=O)N[C@@H](Cc1cnc[nH]1)C(=O)O. The standard InChI is InChI=1S/C68H96N20O17/c1-36(2)55(86-65(102)56(37(3)89)87-57(94)43(70)20-22-53(90)91)64(101)84-49(28-39-31-76-44-16-8-7-15-42(39)44)61(98)80-46(21-23-54(92)93)59(96)81-47(17-9-10-24-69)66(103)88-26-12-19-52(88)63(100)83-50(29-40-32-73-34-77-40)62(99)79-45(18-11-25-75-68(71)72)58(95)82-48(27-38-13-5-4-6-14-38)60(97)85-51(67(104)105)30-41-33-74-35-78-41/h4-8,13-16,31-37,43,45-52,55-56,76,89H,9-12,17-30,69-70H2,1-3H3,(H,73,77)(H,74,78)(H,79,99)(H,80,98)(H,81,96)(H,82,95)(H,83,100)(H,84,101)(H,85,97)(H,86,102)(H,87,94)(H,90,91)(H,92,93)(H,104,105)(H4,71,72,75)/t37-,43+,45+,46+,47+,48+,49+,50+,51+,52+,55+,56+/m1/s1. The van der Waals surface area contributed by atoms with Crippen LogP contribution in [0.15, 0.2) is 90.8 Å². The van der Waals surface area contributed by atoms with E-state index < -0.39 is 175 Å². The maximum absolute atomic E-state index is 15.1. The van der Waals surface area contributed by atoms with Gasteiger partial charge in [0.1, 0.15) is 60.4 Å². The van der Waals surface area contributed by atoms with E-state index in [0.29, 0.717) is 39.8 Å². The van der Waals surface area contributed by atoms with Crippen LogP contribution in [0.1, 0.15) is 114 Å². The van der Waals surface area contributed by atoms with Crippen molar-refractivity contribution < 1.29 is 82.8 Å². The van der Waals surface area contributed by atoms with E-state index in [2.05, 4.69) is 77.8 Å². The van der Waals surface area contributed by atoms with Crippen LogP contribution in [0.2, 0.25) is 0 Å². The maximum Gasteiger partial charge on any atom is 0.326 e. The minimum Gasteiger partial charge on any atom is -0.481 e. The van der Waals surface area contributed by atoms with Crippen LogP contribution < -0.4 is 70.8 Å². The Bertz CT molecular complexity index is 3790. The molecule has 0 bridgehead atoms. The first-order valence-corrected chi connectivity index (χ1v) is 34.5. The average Bonchev–Trinajstić information content (AvgIpc) is 1.70. The summed E-state index contributed by atoms with van der Waals surface area (Å²) in [6, 6.07) is -0.951. The molecule has 570 valence electrons. The highest BCUT2D eigenvalue weighted by molar-refractivity contribution is 6.00. The van der Waals surface area contributed by atoms with Crippen molar-refractivity contribution in [3.8, 4) is 0 Å². The number of aliphatic imine (C=N–C) groups is 1. The number of aromatic amines is 3. The predicted molar refractivity (Wildman–Crippen MR) is 378 cm³/mol. The summed E-state index contributed by atoms with van der Waals surface area (Å²) in [7, 11) is 0. The predicted octanol–water partition coefficient (Wildman–Crippen LogP) is -3.40. The number of carboxylic acid groups (broad SMARTS) is 3. The van der Waals surface area contributed by atoms with Crippen molar-refractivity contribution in [2.45, 2.75) is 190 Å². The Morgan fingerprint density at radius 2 is 1.08 bits per heavy atom. The van der Waals surface area contributed by atoms with Gasteiger partial charge in [-0.25, -0.2) is 14.8 Å². The first-order chi connectivity index (χ1) is 50.0. The molecule has 0 spiro atoms. The smallest absolute Gasteiger partial charge is 0.326 e. The number of fused-ring (bicyclic) bond motifs is 1. The van der Waals surface area contributed by atoms with Crippen molar-refractivity contribution in [2.75, 3.05) is 19.6 Å². The van der Waals surface area contributed by atoms with Crippen molar-refractivity contribution in [3.05, 3.63) is 108 Å². The molecular weight excluding hydrogens is 1370 g/mol. The molecule has 4 heterocycles. The normalized spacial score (nSPS) is 15.8. The summed E-state index contributed by atoms with van der Waals surface area (Å²) < 4.78 is 0. The largest absolute Gasteiger partial charge is 0.481 e. The van der Waals surface area contributed by atoms with Crippen molar-refractivity contribution in [1.29, 1.82) is 0 Å². The van der Waals surface area contributed by atoms with Crippen LogP contribution in [-0.2, 0) is 88.0 Å². The lowest BCUT2D eigenvalue weighted by Gasteiger charge is -2.31. The number of amides is 10. The number of guanidine groups is 1. The van der Waals surface area contributed by atoms with Crippen LogP contribution in [0.25, 0.3) is 10.9 Å². The van der Waals surface area contributed by atoms with Gasteiger partial charge in [0.05, 0.1) is 24.8 Å². The van der Waals surface area contributed by atoms with Gasteiger partial charge in [0.2, 0.25) is 59.1 Å². The van der Waals surface area contributed by atoms with E-state index >= 15 is 4.79 Å². The highest BCUT2D eigenvalue weighted by atomic mass is 16.4. The Hall–Kier alpha value is -11.3. The number of nitrogens with two attached hydrogens (primary N) is 4. The van der Waals surface area contributed by atoms with E-state index in [4.69, 9.17) is 28.0 Å². The van der Waals surface area contributed by atoms with E-state index in [9.17, 15) is 72.9 Å². The molecule has 3 aromatic heterocycles. The van der Waals surface area contributed by atoms with Crippen LogP contribution in [0, 0.1) is 5.92 Å². The summed E-state index contributed by atoms with van der Waals surface area (Å²) in [5.74, 6) is -14.3. The zero-order chi connectivity index (χ0) is 76.9. The number of benzene rings is 2. The molecule has 6 rings (SSSR count). The third-order valence-electron chi connectivity index (χ3n) is 17.4. The monoisotopic (exact) mass is 1460 g/mol. The molecule has 24 N–H and O–H groups in total. The average molecular weight is 1470 g/mol. The Morgan fingerprint density at radius 1 is 0.562 bits per heavy atom. The van der Waals surface area contributed by atoms with Crippen LogP contribution in [0.4, 0.5) is 0 Å². The van der Waals surface area contributed by atoms with Gasteiger partial charge >= 0.3 is 17.9 Å². The highest BCUT2D eigenvalue weighted by Gasteiger charge is 2.42. The number of aliphatic hydroxyl groups is 1. The Balaban J connectivity index is 1.24. The lowest BCUT2D eigenvalue weighted by Crippen LogP contribution is -2.62. The summed E-state index contributed by atoms with van der Waals surface area (Å²) >= 11 is 0. The van der Waals surface area contributed by atoms with E-state index in [-0.39, 0.29) is 96.2 Å². The lowest BCUT2D eigenvalue weighted by molar-refractivity contribution is -0.143. The molecule has 1 aliphatic heterocycles. The number of aliphatic hydroxyl groups excluding tert-OH is 1. The lowest BCUT2D eigenvalue weighted by atomic mass is 9.99. The molecule has 37 heteroatoms. The van der Waals surface area contributed by atoms with Gasteiger partial charge in [-0.15, -0.1) is 0 Å². The fourth-order valence-corrected chi connectivity index (χ4v) is 11.7. The van der Waals surface area contributed by atoms with Crippen LogP contribution >= 0.6 is 0 Å². The molecule has 1 aliphatic rings. The maximum atomic E-state index is 15.1. The second-order valence-electron chi connectivity index (χ2n) is 25.9. The first-order valence-electron chi connectivity index (χ1n) is 34.5. The quantitative estimate of drug-likeness (QED) is 0.0103. The number of imidazole rings is 2. The van der Waals surface area contributed by atoms with Crippen molar-refractivity contribution in [2.24, 2.45) is 33.8 Å². The summed E-state index contributed by atoms with van der Waals surface area (Å²) in [5, 5.41) is 63.7. The van der Waals surface area contributed by atoms with Gasteiger partial charge in [0, 0.05) is 92.5 Å². The zero-order valence-corrected chi connectivity index (χ0v) is 58.5. The fourth-order valence-electron chi connectivity index (χ4n) is 11.7. The molecule has 1 saturated heterocycles. The first kappa shape index (κ1) is 82.6. The molecule has 10 amide bonds. The van der Waals surface area contributed by atoms with E-state index in [1.54, 1.807) is 74.6 Å². The van der Waals surface area contributed by atoms with Gasteiger partial charge in [-0.1, -0.05) is 62.4 Å². The number of aliphatic carboxylic acids is 3. The van der Waals surface area contributed by atoms with Crippen LogP contribution in [-0.4, -0.2) is 225 Å². The fraction of sp³-hybridized carbons (Fsp3) is 0.500. The number of H-pyrrole nitrogens is 3. The summed E-state index contributed by atoms with van der Waals surface area (Å²) in [6.07, 6.45) is 3.36. The molecule has 1 fully saturated rings. The van der Waals surface area contributed by atoms with E-state index in [0.717, 1.165) is 0 Å². The number of hydrogen-bond donors (Lipinski definition) is 20. The molecule has 0 saturated carbocycles. The molecule has 37 nitrogen and oxygen atoms in total. The third-order valence-corrected chi connectivity index (χ3v) is 17.4. The van der Waals surface area contributed by atoms with Gasteiger partial charge in [0.25, 0.3) is 0 Å². The number of nitrogens with one attached hydrogen (secondary N) is 12. The molecule has 0 aliphatic carbocycles. The van der Waals surface area contributed by atoms with Crippen LogP contribution in [0.5, 0.6) is 0 Å². The Kier molecular flexibility index (Phi) is 32.3. The molecule has 0 radical (unpaired) electrons. The second-order valence-corrected chi connectivity index (χ2v) is 25.9. The van der Waals surface area contributed by atoms with Crippen molar-refractivity contribution >= 4 is 93.8 Å². The van der Waals surface area contributed by atoms with Crippen molar-refractivity contribution in [1.82, 2.24) is 77.7 Å². The summed E-state index contributed by atoms with van der Waals surface area (Å²) in [4.78, 5) is 202. The molecule has 0 unspecified atom stereocenters. The molecule has 105 heavy (non-hydrogen) atoms. The number of hydrogen-bond acceptors (Lipinski definition) is 19. The number of likely N-dealkylation sites (tertiary alicyclic amines) is 1. The number of aromatic nitrogens is 5. The number of carbonyl (C=O) groups is 13. The molecule has 5 aromatic rings. The van der Waals surface area contributed by atoms with Crippen LogP contribution in [0.3, 0.4) is 0 Å². The Morgan fingerprint density at radius 3 is 1.66 bits per heavy atom. The number of carbonyl (C=O) groups excluding carboxylic acids is 10. The third kappa shape index (κ3) is 26.1. The van der Waals surface area contributed by atoms with Gasteiger partial charge in [-0.3, -0.25) is 62.5 Å². The zero-order valence-electron chi connectivity index (χ0n) is 58.5. The number of rotatable bonds is 44. The summed E-state index contributed by atoms with van der Waals surface area (Å²) in [6.45, 7) is 4.40. The van der Waals surface area contributed by atoms with E-state index in [1.807, 2.05) is 0 Å². The second kappa shape index (κ2) is 41.1. The molecule has 12 atom stereocenters. The molecular formula is C68H96N20O17. The minimum absolute atomic E-state index is 0.0105. The van der Waals surface area contributed by atoms with Gasteiger partial charge in [0.15, 0.2) is 5.96 Å². The number of nitrogens with zero attached hydrogens (tertiary/aromatic N) is 4. The number of para-hydroxylation sites is 1. The number of carboxylic acids is 3. The topological polar surface area (TPSA) is 604 Å². The molecule has 2 aromatic carbocycles. The van der Waals surface area contributed by atoms with Gasteiger partial charge < -0.3 is 111 Å². The minimum atomic E-state index is -1.72.